The summed E-state index contributed by atoms with van der Waals surface area (Å²) in [6, 6.07) is 0.802. The van der Waals surface area contributed by atoms with Crippen LogP contribution in [0.3, 0.4) is 0 Å². The molecule has 0 saturated heterocycles. The summed E-state index contributed by atoms with van der Waals surface area (Å²) in [5, 5.41) is 12.8. The predicted octanol–water partition coefficient (Wildman–Crippen LogP) is 2.17. The number of nitrogens with one attached hydrogen (secondary N) is 1. The van der Waals surface area contributed by atoms with Crippen molar-refractivity contribution in [3.8, 4) is 0 Å². The fourth-order valence-electron chi connectivity index (χ4n) is 4.06. The standard InChI is InChI=1S/C13H25NO/c1-9(8-15)14-11-12(2,3)10-5-6-13(11,4)7-10/h9-11,14-15H,5-8H2,1-4H3/t9?,10-,11?,13+/m0/s1. The van der Waals surface area contributed by atoms with E-state index < -0.39 is 0 Å². The van der Waals surface area contributed by atoms with Gasteiger partial charge in [0.05, 0.1) is 6.61 Å². The molecule has 0 radical (unpaired) electrons. The first-order chi connectivity index (χ1) is 6.90. The van der Waals surface area contributed by atoms with Gasteiger partial charge in [0.2, 0.25) is 0 Å². The molecule has 0 amide bonds. The fourth-order valence-corrected chi connectivity index (χ4v) is 4.06. The second kappa shape index (κ2) is 3.46. The number of hydrogen-bond donors (Lipinski definition) is 2. The van der Waals surface area contributed by atoms with Gasteiger partial charge in [-0.3, -0.25) is 0 Å². The third-order valence-electron chi connectivity index (χ3n) is 4.99. The lowest BCUT2D eigenvalue weighted by Gasteiger charge is -2.44. The molecule has 0 aromatic rings. The van der Waals surface area contributed by atoms with Crippen molar-refractivity contribution in [2.75, 3.05) is 6.61 Å². The third-order valence-corrected chi connectivity index (χ3v) is 4.99. The molecule has 2 unspecified atom stereocenters. The minimum Gasteiger partial charge on any atom is -0.395 e. The molecule has 2 bridgehead atoms. The maximum absolute atomic E-state index is 9.16. The summed E-state index contributed by atoms with van der Waals surface area (Å²) in [5.41, 5.74) is 0.869. The summed E-state index contributed by atoms with van der Waals surface area (Å²) in [5.74, 6) is 0.880. The Hall–Kier alpha value is -0.0800. The molecule has 4 atom stereocenters. The Morgan fingerprint density at radius 1 is 1.40 bits per heavy atom. The van der Waals surface area contributed by atoms with Crippen LogP contribution < -0.4 is 5.32 Å². The van der Waals surface area contributed by atoms with Crippen LogP contribution in [0.15, 0.2) is 0 Å². The molecular formula is C13H25NO. The Labute approximate surface area is 93.5 Å². The molecule has 0 aromatic heterocycles. The highest BCUT2D eigenvalue weighted by molar-refractivity contribution is 5.12. The van der Waals surface area contributed by atoms with Gasteiger partial charge in [0.1, 0.15) is 0 Å². The summed E-state index contributed by atoms with van der Waals surface area (Å²) in [4.78, 5) is 0. The highest BCUT2D eigenvalue weighted by atomic mass is 16.3. The lowest BCUT2D eigenvalue weighted by Crippen LogP contribution is -2.53. The molecular weight excluding hydrogens is 186 g/mol. The molecule has 2 rings (SSSR count). The largest absolute Gasteiger partial charge is 0.395 e. The molecule has 88 valence electrons. The number of aliphatic hydroxyl groups excluding tert-OH is 1. The van der Waals surface area contributed by atoms with Crippen LogP contribution in [0.25, 0.3) is 0 Å². The monoisotopic (exact) mass is 211 g/mol. The molecule has 2 aliphatic rings. The van der Waals surface area contributed by atoms with Crippen LogP contribution >= 0.6 is 0 Å². The Balaban J connectivity index is 2.15. The first-order valence-corrected chi connectivity index (χ1v) is 6.27. The number of fused-ring (bicyclic) bond motifs is 2. The summed E-state index contributed by atoms with van der Waals surface area (Å²) in [7, 11) is 0. The van der Waals surface area contributed by atoms with E-state index in [-0.39, 0.29) is 12.6 Å². The summed E-state index contributed by atoms with van der Waals surface area (Å²) >= 11 is 0. The zero-order valence-corrected chi connectivity index (χ0v) is 10.5. The number of aliphatic hydroxyl groups is 1. The first-order valence-electron chi connectivity index (χ1n) is 6.27. The van der Waals surface area contributed by atoms with Crippen LogP contribution in [-0.2, 0) is 0 Å². The lowest BCUT2D eigenvalue weighted by atomic mass is 9.68. The van der Waals surface area contributed by atoms with Gasteiger partial charge in [-0.05, 0) is 42.9 Å². The van der Waals surface area contributed by atoms with Crippen molar-refractivity contribution in [1.82, 2.24) is 5.32 Å². The van der Waals surface area contributed by atoms with Crippen LogP contribution in [0, 0.1) is 16.7 Å². The maximum atomic E-state index is 9.16. The van der Waals surface area contributed by atoms with Gasteiger partial charge in [-0.25, -0.2) is 0 Å². The molecule has 0 heterocycles. The smallest absolute Gasteiger partial charge is 0.0582 e. The second-order valence-electron chi connectivity index (χ2n) is 6.60. The van der Waals surface area contributed by atoms with Gasteiger partial charge in [-0.1, -0.05) is 20.8 Å². The fraction of sp³-hybridized carbons (Fsp3) is 1.00. The minimum absolute atomic E-state index is 0.227. The summed E-state index contributed by atoms with van der Waals surface area (Å²) < 4.78 is 0. The van der Waals surface area contributed by atoms with E-state index in [1.54, 1.807) is 0 Å². The molecule has 2 aliphatic carbocycles. The van der Waals surface area contributed by atoms with Gasteiger partial charge in [0.25, 0.3) is 0 Å². The minimum atomic E-state index is 0.227. The zero-order chi connectivity index (χ0) is 11.3. The molecule has 2 nitrogen and oxygen atoms in total. The Kier molecular flexibility index (Phi) is 2.63. The van der Waals surface area contributed by atoms with Gasteiger partial charge in [0, 0.05) is 12.1 Å². The summed E-state index contributed by atoms with van der Waals surface area (Å²) in [6.45, 7) is 9.52. The van der Waals surface area contributed by atoms with Crippen LogP contribution in [0.2, 0.25) is 0 Å². The first kappa shape index (κ1) is 11.4. The lowest BCUT2D eigenvalue weighted by molar-refractivity contribution is 0.0899. The SMILES string of the molecule is CC(CO)NC1C(C)(C)[C@H]2CC[C@]1(C)C2. The van der Waals surface area contributed by atoms with E-state index >= 15 is 0 Å². The van der Waals surface area contributed by atoms with Crippen LogP contribution in [0.5, 0.6) is 0 Å². The van der Waals surface area contributed by atoms with Gasteiger partial charge in [0.15, 0.2) is 0 Å². The second-order valence-corrected chi connectivity index (χ2v) is 6.60. The quantitative estimate of drug-likeness (QED) is 0.750. The highest BCUT2D eigenvalue weighted by Gasteiger charge is 2.59. The van der Waals surface area contributed by atoms with Crippen molar-refractivity contribution in [2.24, 2.45) is 16.7 Å². The van der Waals surface area contributed by atoms with Crippen molar-refractivity contribution >= 4 is 0 Å². The van der Waals surface area contributed by atoms with Crippen molar-refractivity contribution in [2.45, 2.75) is 59.0 Å². The van der Waals surface area contributed by atoms with Crippen molar-refractivity contribution in [3.63, 3.8) is 0 Å². The normalized spacial score (nSPS) is 44.6. The van der Waals surface area contributed by atoms with Crippen LogP contribution in [-0.4, -0.2) is 23.8 Å². The molecule has 0 aliphatic heterocycles. The van der Waals surface area contributed by atoms with E-state index in [9.17, 15) is 0 Å². The molecule has 0 aromatic carbocycles. The van der Waals surface area contributed by atoms with E-state index in [0.29, 0.717) is 16.9 Å². The van der Waals surface area contributed by atoms with Crippen molar-refractivity contribution in [1.29, 1.82) is 0 Å². The molecule has 2 N–H and O–H groups in total. The summed E-state index contributed by atoms with van der Waals surface area (Å²) in [6.07, 6.45) is 4.13. The Bertz CT molecular complexity index is 246. The van der Waals surface area contributed by atoms with Crippen molar-refractivity contribution in [3.05, 3.63) is 0 Å². The van der Waals surface area contributed by atoms with Gasteiger partial charge in [-0.15, -0.1) is 0 Å². The topological polar surface area (TPSA) is 32.3 Å². The van der Waals surface area contributed by atoms with E-state index in [1.165, 1.54) is 19.3 Å². The Morgan fingerprint density at radius 2 is 2.07 bits per heavy atom. The molecule has 2 fully saturated rings. The number of hydrogen-bond acceptors (Lipinski definition) is 2. The molecule has 2 saturated carbocycles. The zero-order valence-electron chi connectivity index (χ0n) is 10.5. The third kappa shape index (κ3) is 1.62. The maximum Gasteiger partial charge on any atom is 0.0582 e. The Morgan fingerprint density at radius 3 is 2.53 bits per heavy atom. The molecule has 0 spiro atoms. The van der Waals surface area contributed by atoms with E-state index in [0.717, 1.165) is 5.92 Å². The average Bonchev–Trinajstić information content (AvgIpc) is 2.63. The van der Waals surface area contributed by atoms with Crippen LogP contribution in [0.1, 0.15) is 47.0 Å². The van der Waals surface area contributed by atoms with E-state index in [4.69, 9.17) is 5.11 Å². The van der Waals surface area contributed by atoms with E-state index in [1.807, 2.05) is 0 Å². The predicted molar refractivity (Wildman–Crippen MR) is 62.7 cm³/mol. The number of rotatable bonds is 3. The van der Waals surface area contributed by atoms with Gasteiger partial charge in [-0.2, -0.15) is 0 Å². The van der Waals surface area contributed by atoms with E-state index in [2.05, 4.69) is 33.0 Å². The molecule has 15 heavy (non-hydrogen) atoms. The van der Waals surface area contributed by atoms with Crippen molar-refractivity contribution < 1.29 is 5.11 Å². The van der Waals surface area contributed by atoms with Gasteiger partial charge >= 0.3 is 0 Å². The van der Waals surface area contributed by atoms with Crippen LogP contribution in [0.4, 0.5) is 0 Å². The van der Waals surface area contributed by atoms with Gasteiger partial charge < -0.3 is 10.4 Å². The molecule has 2 heteroatoms. The average molecular weight is 211 g/mol. The highest BCUT2D eigenvalue weighted by Crippen LogP contribution is 2.62.